The molecule has 142 valence electrons. The molecule has 0 amide bonds. The van der Waals surface area contributed by atoms with E-state index in [-0.39, 0.29) is 13.0 Å². The van der Waals surface area contributed by atoms with E-state index in [9.17, 15) is 8.78 Å². The molecule has 27 heavy (non-hydrogen) atoms. The number of benzene rings is 1. The average Bonchev–Trinajstić information content (AvgIpc) is 3.08. The molecule has 5 nitrogen and oxygen atoms in total. The van der Waals surface area contributed by atoms with Crippen LogP contribution in [0.3, 0.4) is 0 Å². The molecule has 0 atom stereocenters. The lowest BCUT2D eigenvalue weighted by Crippen LogP contribution is -2.18. The van der Waals surface area contributed by atoms with Gasteiger partial charge >= 0.3 is 0 Å². The minimum atomic E-state index is -2.42. The summed E-state index contributed by atoms with van der Waals surface area (Å²) in [5.74, 6) is -0.822. The number of aromatic nitrogens is 2. The van der Waals surface area contributed by atoms with E-state index in [0.29, 0.717) is 11.7 Å². The van der Waals surface area contributed by atoms with Gasteiger partial charge in [0.05, 0.1) is 25.5 Å². The van der Waals surface area contributed by atoms with Crippen molar-refractivity contribution in [2.45, 2.75) is 12.3 Å². The Balaban J connectivity index is 0.000000253. The first kappa shape index (κ1) is 19.3. The molecular weight excluding hydrogens is 374 g/mol. The molecule has 1 aliphatic rings. The fourth-order valence-corrected chi connectivity index (χ4v) is 2.71. The minimum Gasteiger partial charge on any atom is -0.497 e. The summed E-state index contributed by atoms with van der Waals surface area (Å²) in [5.41, 5.74) is 0.838. The van der Waals surface area contributed by atoms with Crippen molar-refractivity contribution < 1.29 is 13.5 Å². The third kappa shape index (κ3) is 5.24. The number of anilines is 2. The highest BCUT2D eigenvalue weighted by Crippen LogP contribution is 2.27. The van der Waals surface area contributed by atoms with Gasteiger partial charge in [0, 0.05) is 24.5 Å². The van der Waals surface area contributed by atoms with Crippen LogP contribution in [0.5, 0.6) is 5.75 Å². The maximum Gasteiger partial charge on any atom is 0.261 e. The van der Waals surface area contributed by atoms with Crippen molar-refractivity contribution >= 4 is 33.9 Å². The number of methoxy groups -OCH3 is 1. The van der Waals surface area contributed by atoms with E-state index >= 15 is 0 Å². The number of ether oxygens (including phenoxy) is 1. The molecule has 0 bridgehead atoms. The molecule has 1 fully saturated rings. The van der Waals surface area contributed by atoms with Gasteiger partial charge in [-0.2, -0.15) is 0 Å². The number of nitrogens with zero attached hydrogens (tertiary/aromatic N) is 2. The van der Waals surface area contributed by atoms with Crippen molar-refractivity contribution in [3.8, 4) is 5.75 Å². The number of nitrogens with one attached hydrogen (secondary N) is 2. The Morgan fingerprint density at radius 3 is 2.63 bits per heavy atom. The fourth-order valence-electron chi connectivity index (χ4n) is 2.60. The van der Waals surface area contributed by atoms with Crippen LogP contribution in [-0.2, 0) is 0 Å². The van der Waals surface area contributed by atoms with Gasteiger partial charge < -0.3 is 15.4 Å². The number of hydrogen-bond acceptors (Lipinski definition) is 5. The third-order valence-electron chi connectivity index (χ3n) is 4.01. The van der Waals surface area contributed by atoms with Gasteiger partial charge in [0.2, 0.25) is 0 Å². The minimum absolute atomic E-state index is 0.00694. The summed E-state index contributed by atoms with van der Waals surface area (Å²) in [4.78, 5) is 8.41. The lowest BCUT2D eigenvalue weighted by atomic mass is 10.1. The van der Waals surface area contributed by atoms with E-state index in [1.807, 2.05) is 30.3 Å². The van der Waals surface area contributed by atoms with Crippen LogP contribution in [0.25, 0.3) is 10.8 Å². The summed E-state index contributed by atoms with van der Waals surface area (Å²) in [7, 11) is 1.65. The fraction of sp³-hybridized carbons (Fsp3) is 0.263. The van der Waals surface area contributed by atoms with E-state index in [1.54, 1.807) is 25.6 Å². The summed E-state index contributed by atoms with van der Waals surface area (Å²) in [5, 5.41) is 8.34. The lowest BCUT2D eigenvalue weighted by molar-refractivity contribution is 0.0238. The molecule has 1 saturated heterocycles. The molecule has 2 N–H and O–H groups in total. The Morgan fingerprint density at radius 1 is 1.19 bits per heavy atom. The molecule has 0 aliphatic carbocycles. The molecule has 0 radical (unpaired) electrons. The van der Waals surface area contributed by atoms with Crippen LogP contribution in [0.15, 0.2) is 48.8 Å². The van der Waals surface area contributed by atoms with Gasteiger partial charge in [0.25, 0.3) is 5.92 Å². The van der Waals surface area contributed by atoms with Crippen LogP contribution in [0.4, 0.5) is 20.3 Å². The van der Waals surface area contributed by atoms with E-state index in [1.165, 1.54) is 0 Å². The highest BCUT2D eigenvalue weighted by atomic mass is 35.5. The van der Waals surface area contributed by atoms with Gasteiger partial charge in [-0.1, -0.05) is 11.6 Å². The van der Waals surface area contributed by atoms with Gasteiger partial charge in [-0.05, 0) is 41.8 Å². The van der Waals surface area contributed by atoms with E-state index in [2.05, 4.69) is 20.6 Å². The van der Waals surface area contributed by atoms with Crippen LogP contribution in [0.1, 0.15) is 6.42 Å². The maximum atomic E-state index is 11.9. The number of halogens is 3. The Labute approximate surface area is 160 Å². The summed E-state index contributed by atoms with van der Waals surface area (Å²) < 4.78 is 29.0. The molecule has 1 aromatic carbocycles. The van der Waals surface area contributed by atoms with Gasteiger partial charge in [0.1, 0.15) is 16.7 Å². The number of pyridine rings is 2. The molecule has 0 unspecified atom stereocenters. The normalized spacial score (nSPS) is 15.1. The van der Waals surface area contributed by atoms with E-state index in [0.717, 1.165) is 28.0 Å². The van der Waals surface area contributed by atoms with Crippen LogP contribution in [0, 0.1) is 0 Å². The highest BCUT2D eigenvalue weighted by Gasteiger charge is 2.32. The molecule has 4 rings (SSSR count). The van der Waals surface area contributed by atoms with Crippen LogP contribution >= 0.6 is 11.6 Å². The molecule has 8 heteroatoms. The topological polar surface area (TPSA) is 59.1 Å². The quantitative estimate of drug-likeness (QED) is 0.635. The second-order valence-corrected chi connectivity index (χ2v) is 6.41. The predicted octanol–water partition coefficient (Wildman–Crippen LogP) is 4.65. The first-order valence-electron chi connectivity index (χ1n) is 8.37. The monoisotopic (exact) mass is 392 g/mol. The first-order valence-corrected chi connectivity index (χ1v) is 8.74. The summed E-state index contributed by atoms with van der Waals surface area (Å²) in [6.45, 7) is 0.333. The zero-order valence-electron chi connectivity index (χ0n) is 14.7. The van der Waals surface area contributed by atoms with E-state index < -0.39 is 5.92 Å². The van der Waals surface area contributed by atoms with Gasteiger partial charge in [-0.25, -0.2) is 18.7 Å². The Bertz CT molecular complexity index is 898. The summed E-state index contributed by atoms with van der Waals surface area (Å²) in [6.07, 6.45) is 3.44. The third-order valence-corrected chi connectivity index (χ3v) is 4.24. The van der Waals surface area contributed by atoms with Crippen molar-refractivity contribution in [3.05, 3.63) is 53.9 Å². The molecular formula is C19H19ClF2N4O. The molecule has 0 spiro atoms. The second-order valence-electron chi connectivity index (χ2n) is 6.02. The first-order chi connectivity index (χ1) is 13.0. The predicted molar refractivity (Wildman–Crippen MR) is 103 cm³/mol. The van der Waals surface area contributed by atoms with Crippen molar-refractivity contribution in [3.63, 3.8) is 0 Å². The number of alkyl halides is 2. The Kier molecular flexibility index (Phi) is 6.03. The van der Waals surface area contributed by atoms with Gasteiger partial charge in [-0.3, -0.25) is 0 Å². The van der Waals surface area contributed by atoms with Crippen molar-refractivity contribution in [2.75, 3.05) is 25.5 Å². The second kappa shape index (κ2) is 8.45. The Hall–Kier alpha value is -2.51. The zero-order valence-corrected chi connectivity index (χ0v) is 15.4. The molecule has 1 aliphatic heterocycles. The highest BCUT2D eigenvalue weighted by molar-refractivity contribution is 6.29. The lowest BCUT2D eigenvalue weighted by Gasteiger charge is -2.09. The number of rotatable bonds is 3. The van der Waals surface area contributed by atoms with Gasteiger partial charge in [-0.15, -0.1) is 0 Å². The van der Waals surface area contributed by atoms with Crippen LogP contribution in [0.2, 0.25) is 5.15 Å². The van der Waals surface area contributed by atoms with E-state index in [4.69, 9.17) is 16.3 Å². The van der Waals surface area contributed by atoms with Crippen molar-refractivity contribution in [1.82, 2.24) is 15.3 Å². The SMILES string of the molecule is COc1ccc2c(Nc3ccc(Cl)nc3)nccc2c1.FC1(F)CCNC1. The number of hydrogen-bond donors (Lipinski definition) is 2. The molecule has 2 aromatic heterocycles. The molecule has 3 aromatic rings. The largest absolute Gasteiger partial charge is 0.497 e. The Morgan fingerprint density at radius 2 is 2.04 bits per heavy atom. The number of fused-ring (bicyclic) bond motifs is 1. The van der Waals surface area contributed by atoms with Crippen LogP contribution < -0.4 is 15.4 Å². The van der Waals surface area contributed by atoms with Crippen LogP contribution in [-0.4, -0.2) is 36.1 Å². The summed E-state index contributed by atoms with van der Waals surface area (Å²) in [6, 6.07) is 11.4. The maximum absolute atomic E-state index is 11.9. The molecule has 0 saturated carbocycles. The molecule has 3 heterocycles. The van der Waals surface area contributed by atoms with Crippen molar-refractivity contribution in [1.29, 1.82) is 0 Å². The van der Waals surface area contributed by atoms with Gasteiger partial charge in [0.15, 0.2) is 0 Å². The zero-order chi connectivity index (χ0) is 19.3. The average molecular weight is 393 g/mol. The van der Waals surface area contributed by atoms with Crippen molar-refractivity contribution in [2.24, 2.45) is 0 Å². The smallest absolute Gasteiger partial charge is 0.261 e. The standard InChI is InChI=1S/C15H12ClN3O.C4H7F2N/c1-20-12-3-4-13-10(8-12)6-7-17-15(13)19-11-2-5-14(16)18-9-11;5-4(6)1-2-7-3-4/h2-9H,1H3,(H,17,19);7H,1-3H2. The summed E-state index contributed by atoms with van der Waals surface area (Å²) >= 11 is 5.77.